The minimum Gasteiger partial charge on any atom is -0.464 e. The van der Waals surface area contributed by atoms with Gasteiger partial charge in [0.2, 0.25) is 0 Å². The molecular formula is C13H23N3O2. The van der Waals surface area contributed by atoms with Crippen LogP contribution < -0.4 is 5.73 Å². The highest BCUT2D eigenvalue weighted by Crippen LogP contribution is 2.28. The number of carbonyl (C=O) groups is 1. The summed E-state index contributed by atoms with van der Waals surface area (Å²) in [5, 5.41) is 0. The Balaban J connectivity index is 3.25. The van der Waals surface area contributed by atoms with Gasteiger partial charge in [-0.05, 0) is 12.8 Å². The Morgan fingerprint density at radius 1 is 1.44 bits per heavy atom. The Bertz CT molecular complexity index is 426. The maximum absolute atomic E-state index is 11.6. The Labute approximate surface area is 108 Å². The number of ether oxygens (including phenoxy) is 1. The van der Waals surface area contributed by atoms with Crippen LogP contribution in [0.5, 0.6) is 0 Å². The number of aryl methyl sites for hydroxylation is 1. The van der Waals surface area contributed by atoms with Crippen LogP contribution >= 0.6 is 0 Å². The summed E-state index contributed by atoms with van der Waals surface area (Å²) in [7, 11) is 1.34. The number of aromatic nitrogens is 2. The quantitative estimate of drug-likeness (QED) is 0.818. The van der Waals surface area contributed by atoms with Gasteiger partial charge >= 0.3 is 5.97 Å². The van der Waals surface area contributed by atoms with E-state index in [-0.39, 0.29) is 11.7 Å². The standard InChI is InChI=1S/C13H23N3O2/c1-6-8(3)9(4)16-10(7-2)15-11(12(16)14)13(17)18-5/h8-9H,6-7,14H2,1-5H3. The lowest BCUT2D eigenvalue weighted by Gasteiger charge is -2.23. The minimum atomic E-state index is -0.475. The number of esters is 1. The number of rotatable bonds is 5. The molecule has 0 fully saturated rings. The molecule has 0 aromatic carbocycles. The van der Waals surface area contributed by atoms with Gasteiger partial charge in [0.25, 0.3) is 0 Å². The second-order valence-electron chi connectivity index (χ2n) is 4.60. The van der Waals surface area contributed by atoms with E-state index in [4.69, 9.17) is 10.5 Å². The molecule has 1 aromatic rings. The molecule has 0 saturated heterocycles. The van der Waals surface area contributed by atoms with Gasteiger partial charge in [-0.15, -0.1) is 0 Å². The Hall–Kier alpha value is -1.52. The summed E-state index contributed by atoms with van der Waals surface area (Å²) in [6.45, 7) is 8.41. The highest BCUT2D eigenvalue weighted by Gasteiger charge is 2.24. The van der Waals surface area contributed by atoms with Gasteiger partial charge in [0.05, 0.1) is 7.11 Å². The number of nitrogens with zero attached hydrogens (tertiary/aromatic N) is 2. The van der Waals surface area contributed by atoms with Crippen molar-refractivity contribution in [3.63, 3.8) is 0 Å². The summed E-state index contributed by atoms with van der Waals surface area (Å²) in [4.78, 5) is 15.9. The summed E-state index contributed by atoms with van der Waals surface area (Å²) in [6.07, 6.45) is 1.79. The monoisotopic (exact) mass is 253 g/mol. The fourth-order valence-electron chi connectivity index (χ4n) is 2.04. The third kappa shape index (κ3) is 2.49. The van der Waals surface area contributed by atoms with E-state index in [1.165, 1.54) is 7.11 Å². The van der Waals surface area contributed by atoms with Gasteiger partial charge in [0.15, 0.2) is 5.69 Å². The molecule has 1 aromatic heterocycles. The van der Waals surface area contributed by atoms with E-state index in [0.29, 0.717) is 11.7 Å². The van der Waals surface area contributed by atoms with Crippen LogP contribution in [0.1, 0.15) is 56.5 Å². The second-order valence-corrected chi connectivity index (χ2v) is 4.60. The maximum Gasteiger partial charge on any atom is 0.360 e. The third-order valence-electron chi connectivity index (χ3n) is 3.59. The lowest BCUT2D eigenvalue weighted by molar-refractivity contribution is 0.0595. The third-order valence-corrected chi connectivity index (χ3v) is 3.59. The lowest BCUT2D eigenvalue weighted by Crippen LogP contribution is -2.18. The zero-order valence-electron chi connectivity index (χ0n) is 11.9. The summed E-state index contributed by atoms with van der Waals surface area (Å²) in [5.41, 5.74) is 6.28. The van der Waals surface area contributed by atoms with Gasteiger partial charge in [-0.2, -0.15) is 0 Å². The van der Waals surface area contributed by atoms with Crippen molar-refractivity contribution >= 4 is 11.8 Å². The van der Waals surface area contributed by atoms with E-state index in [1.807, 2.05) is 11.5 Å². The smallest absolute Gasteiger partial charge is 0.360 e. The molecule has 0 bridgehead atoms. The first kappa shape index (κ1) is 14.5. The van der Waals surface area contributed by atoms with Gasteiger partial charge in [0, 0.05) is 12.5 Å². The van der Waals surface area contributed by atoms with Crippen molar-refractivity contribution in [1.29, 1.82) is 0 Å². The molecule has 18 heavy (non-hydrogen) atoms. The Morgan fingerprint density at radius 2 is 2.06 bits per heavy atom. The molecule has 1 rings (SSSR count). The van der Waals surface area contributed by atoms with Crippen LogP contribution in [-0.2, 0) is 11.2 Å². The first-order valence-electron chi connectivity index (χ1n) is 6.42. The molecule has 0 spiro atoms. The number of carbonyl (C=O) groups excluding carboxylic acids is 1. The van der Waals surface area contributed by atoms with Crippen LogP contribution in [0.4, 0.5) is 5.82 Å². The molecule has 1 heterocycles. The minimum absolute atomic E-state index is 0.218. The molecule has 0 aliphatic rings. The van der Waals surface area contributed by atoms with Gasteiger partial charge in [-0.1, -0.05) is 27.2 Å². The first-order valence-corrected chi connectivity index (χ1v) is 6.42. The average molecular weight is 253 g/mol. The maximum atomic E-state index is 11.6. The van der Waals surface area contributed by atoms with Crippen molar-refractivity contribution in [2.75, 3.05) is 12.8 Å². The van der Waals surface area contributed by atoms with Crippen molar-refractivity contribution in [3.05, 3.63) is 11.5 Å². The van der Waals surface area contributed by atoms with Crippen molar-refractivity contribution in [2.45, 2.75) is 46.6 Å². The number of hydrogen-bond acceptors (Lipinski definition) is 4. The highest BCUT2D eigenvalue weighted by molar-refractivity contribution is 5.92. The number of imidazole rings is 1. The molecular weight excluding hydrogens is 230 g/mol. The fourth-order valence-corrected chi connectivity index (χ4v) is 2.04. The number of nitrogens with two attached hydrogens (primary N) is 1. The second kappa shape index (κ2) is 5.89. The molecule has 2 unspecified atom stereocenters. The van der Waals surface area contributed by atoms with Crippen LogP contribution in [0, 0.1) is 5.92 Å². The normalized spacial score (nSPS) is 14.3. The van der Waals surface area contributed by atoms with Gasteiger partial charge in [-0.25, -0.2) is 9.78 Å². The van der Waals surface area contributed by atoms with Crippen LogP contribution in [0.25, 0.3) is 0 Å². The van der Waals surface area contributed by atoms with Gasteiger partial charge in [0.1, 0.15) is 11.6 Å². The van der Waals surface area contributed by atoms with Crippen LogP contribution in [0.3, 0.4) is 0 Å². The first-order chi connectivity index (χ1) is 8.47. The number of hydrogen-bond donors (Lipinski definition) is 1. The molecule has 2 atom stereocenters. The van der Waals surface area contributed by atoms with E-state index in [2.05, 4.69) is 25.8 Å². The van der Waals surface area contributed by atoms with Crippen molar-refractivity contribution < 1.29 is 9.53 Å². The van der Waals surface area contributed by atoms with Crippen LogP contribution in [0.2, 0.25) is 0 Å². The topological polar surface area (TPSA) is 70.1 Å². The molecule has 0 aliphatic heterocycles. The molecule has 0 saturated carbocycles. The molecule has 102 valence electrons. The number of methoxy groups -OCH3 is 1. The van der Waals surface area contributed by atoms with Crippen LogP contribution in [-0.4, -0.2) is 22.6 Å². The van der Waals surface area contributed by atoms with E-state index in [1.54, 1.807) is 0 Å². The zero-order chi connectivity index (χ0) is 13.9. The molecule has 5 heteroatoms. The van der Waals surface area contributed by atoms with Crippen molar-refractivity contribution in [1.82, 2.24) is 9.55 Å². The van der Waals surface area contributed by atoms with Gasteiger partial charge < -0.3 is 15.0 Å². The zero-order valence-corrected chi connectivity index (χ0v) is 11.9. The summed E-state index contributed by atoms with van der Waals surface area (Å²) < 4.78 is 6.66. The van der Waals surface area contributed by atoms with E-state index >= 15 is 0 Å². The number of nitrogen functional groups attached to an aromatic ring is 1. The lowest BCUT2D eigenvalue weighted by atomic mass is 10.0. The molecule has 0 radical (unpaired) electrons. The Kier molecular flexibility index (Phi) is 4.76. The Morgan fingerprint density at radius 3 is 2.50 bits per heavy atom. The molecule has 2 N–H and O–H groups in total. The SMILES string of the molecule is CCc1nc(C(=O)OC)c(N)n1C(C)C(C)CC. The number of anilines is 1. The summed E-state index contributed by atoms with van der Waals surface area (Å²) in [6, 6.07) is 0.218. The molecule has 0 amide bonds. The largest absolute Gasteiger partial charge is 0.464 e. The molecule has 0 aliphatic carbocycles. The fraction of sp³-hybridized carbons (Fsp3) is 0.692. The van der Waals surface area contributed by atoms with Crippen molar-refractivity contribution in [3.8, 4) is 0 Å². The van der Waals surface area contributed by atoms with E-state index in [9.17, 15) is 4.79 Å². The van der Waals surface area contributed by atoms with Crippen LogP contribution in [0.15, 0.2) is 0 Å². The average Bonchev–Trinajstić information content (AvgIpc) is 2.72. The highest BCUT2D eigenvalue weighted by atomic mass is 16.5. The van der Waals surface area contributed by atoms with Crippen molar-refractivity contribution in [2.24, 2.45) is 5.92 Å². The predicted molar refractivity (Wildman–Crippen MR) is 71.5 cm³/mol. The summed E-state index contributed by atoms with van der Waals surface area (Å²) in [5.74, 6) is 1.24. The van der Waals surface area contributed by atoms with Gasteiger partial charge in [-0.3, -0.25) is 0 Å². The van der Waals surface area contributed by atoms with E-state index in [0.717, 1.165) is 18.7 Å². The predicted octanol–water partition coefficient (Wildman–Crippen LogP) is 2.42. The summed E-state index contributed by atoms with van der Waals surface area (Å²) >= 11 is 0. The molecule has 5 nitrogen and oxygen atoms in total. The van der Waals surface area contributed by atoms with E-state index < -0.39 is 5.97 Å².